The Hall–Kier alpha value is -4.12. The van der Waals surface area contributed by atoms with E-state index in [9.17, 15) is 14.7 Å². The first-order chi connectivity index (χ1) is 21.4. The summed E-state index contributed by atoms with van der Waals surface area (Å²) in [7, 11) is 1.53. The molecule has 1 amide bonds. The second-order valence-corrected chi connectivity index (χ2v) is 12.4. The number of rotatable bonds is 13. The number of aliphatic hydroxyl groups excluding tert-OH is 1. The number of unbranched alkanes of at least 4 members (excludes halogenated alkanes) is 1. The molecule has 0 bridgehead atoms. The predicted octanol–water partition coefficient (Wildman–Crippen LogP) is 7.85. The summed E-state index contributed by atoms with van der Waals surface area (Å²) in [5.41, 5.74) is 2.22. The van der Waals surface area contributed by atoms with Gasteiger partial charge in [0.05, 0.1) is 25.3 Å². The Morgan fingerprint density at radius 1 is 1.09 bits per heavy atom. The van der Waals surface area contributed by atoms with E-state index in [0.717, 1.165) is 24.0 Å². The highest BCUT2D eigenvalue weighted by molar-refractivity contribution is 8.00. The minimum Gasteiger partial charge on any atom is -0.503 e. The average molecular weight is 648 g/mol. The molecular formula is C33H30ClN3O5S2. The van der Waals surface area contributed by atoms with Crippen LogP contribution in [0.5, 0.6) is 11.5 Å². The number of carbonyl (C=O) groups excluding carboxylic acids is 2. The third-order valence-corrected chi connectivity index (χ3v) is 9.34. The van der Waals surface area contributed by atoms with Crippen molar-refractivity contribution in [1.82, 2.24) is 10.2 Å². The molecule has 0 spiro atoms. The normalized spacial score (nSPS) is 14.9. The molecule has 0 saturated carbocycles. The molecule has 0 radical (unpaired) electrons. The number of halogens is 1. The molecule has 0 saturated heterocycles. The lowest BCUT2D eigenvalue weighted by atomic mass is 9.95. The molecule has 5 rings (SSSR count). The van der Waals surface area contributed by atoms with Crippen LogP contribution in [0.15, 0.2) is 94.5 Å². The molecule has 3 aromatic carbocycles. The van der Waals surface area contributed by atoms with Crippen molar-refractivity contribution >= 4 is 57.6 Å². The number of anilines is 1. The molecule has 8 nitrogen and oxygen atoms in total. The van der Waals surface area contributed by atoms with Crippen LogP contribution in [0.4, 0.5) is 5.13 Å². The number of methoxy groups -OCH3 is 1. The summed E-state index contributed by atoms with van der Waals surface area (Å²) >= 11 is 8.93. The number of ketones is 1. The van der Waals surface area contributed by atoms with E-state index in [-0.39, 0.29) is 10.7 Å². The maximum absolute atomic E-state index is 13.6. The number of hydrogen-bond acceptors (Lipinski definition) is 9. The van der Waals surface area contributed by atoms with E-state index in [1.165, 1.54) is 41.2 Å². The van der Waals surface area contributed by atoms with Crippen LogP contribution < -0.4 is 14.4 Å². The molecule has 1 N–H and O–H groups in total. The molecule has 4 aromatic rings. The number of aliphatic hydroxyl groups is 1. The van der Waals surface area contributed by atoms with E-state index in [2.05, 4.69) is 17.1 Å². The molecule has 226 valence electrons. The van der Waals surface area contributed by atoms with Crippen molar-refractivity contribution in [2.75, 3.05) is 18.6 Å². The number of nitrogens with zero attached hydrogens (tertiary/aromatic N) is 3. The molecule has 1 aliphatic heterocycles. The van der Waals surface area contributed by atoms with E-state index in [0.29, 0.717) is 38.8 Å². The molecule has 44 heavy (non-hydrogen) atoms. The topological polar surface area (TPSA) is 102 Å². The molecule has 1 aromatic heterocycles. The van der Waals surface area contributed by atoms with Crippen LogP contribution in [0.25, 0.3) is 6.08 Å². The van der Waals surface area contributed by atoms with Crippen molar-refractivity contribution in [3.8, 4) is 11.5 Å². The van der Waals surface area contributed by atoms with Crippen molar-refractivity contribution in [2.24, 2.45) is 0 Å². The van der Waals surface area contributed by atoms with E-state index >= 15 is 0 Å². The summed E-state index contributed by atoms with van der Waals surface area (Å²) < 4.78 is 12.1. The van der Waals surface area contributed by atoms with Gasteiger partial charge in [0.25, 0.3) is 5.91 Å². The molecule has 1 atom stereocenters. The molecule has 0 aliphatic carbocycles. The molecule has 0 fully saturated rings. The number of hydrogen-bond donors (Lipinski definition) is 1. The SMILES string of the molecule is CCCCOc1ccc(C2C(C(=O)/C=C/c3ccccc3)=C(O)C(=O)N2c2nnc(SCc3ccccc3Cl)s2)cc1OC. The maximum Gasteiger partial charge on any atom is 0.296 e. The van der Waals surface area contributed by atoms with Gasteiger partial charge in [-0.25, -0.2) is 0 Å². The summed E-state index contributed by atoms with van der Waals surface area (Å²) in [5, 5.41) is 20.6. The van der Waals surface area contributed by atoms with E-state index in [1.54, 1.807) is 24.3 Å². The van der Waals surface area contributed by atoms with Crippen molar-refractivity contribution in [2.45, 2.75) is 35.9 Å². The number of carbonyl (C=O) groups is 2. The summed E-state index contributed by atoms with van der Waals surface area (Å²) in [5.74, 6) is -0.350. The van der Waals surface area contributed by atoms with Crippen LogP contribution in [0, 0.1) is 0 Å². The fraction of sp³-hybridized carbons (Fsp3) is 0.212. The zero-order valence-electron chi connectivity index (χ0n) is 24.1. The third kappa shape index (κ3) is 6.99. The van der Waals surface area contributed by atoms with Gasteiger partial charge in [0.2, 0.25) is 5.13 Å². The summed E-state index contributed by atoms with van der Waals surface area (Å²) in [4.78, 5) is 28.6. The van der Waals surface area contributed by atoms with Gasteiger partial charge < -0.3 is 14.6 Å². The van der Waals surface area contributed by atoms with Crippen LogP contribution >= 0.6 is 34.7 Å². The monoisotopic (exact) mass is 647 g/mol. The number of ether oxygens (including phenoxy) is 2. The Morgan fingerprint density at radius 2 is 1.86 bits per heavy atom. The summed E-state index contributed by atoms with van der Waals surface area (Å²) in [6.07, 6.45) is 4.86. The van der Waals surface area contributed by atoms with Gasteiger partial charge in [0.15, 0.2) is 27.4 Å². The minimum atomic E-state index is -0.983. The predicted molar refractivity (Wildman–Crippen MR) is 175 cm³/mol. The van der Waals surface area contributed by atoms with Crippen LogP contribution in [0.1, 0.15) is 42.5 Å². The van der Waals surface area contributed by atoms with Crippen LogP contribution in [-0.4, -0.2) is 40.7 Å². The largest absolute Gasteiger partial charge is 0.503 e. The van der Waals surface area contributed by atoms with Gasteiger partial charge in [-0.3, -0.25) is 14.5 Å². The average Bonchev–Trinajstić information content (AvgIpc) is 3.61. The fourth-order valence-corrected chi connectivity index (χ4v) is 6.76. The highest BCUT2D eigenvalue weighted by atomic mass is 35.5. The van der Waals surface area contributed by atoms with E-state index < -0.39 is 23.5 Å². The van der Waals surface area contributed by atoms with Gasteiger partial charge >= 0.3 is 0 Å². The zero-order chi connectivity index (χ0) is 31.1. The van der Waals surface area contributed by atoms with Crippen molar-refractivity contribution in [3.63, 3.8) is 0 Å². The van der Waals surface area contributed by atoms with Gasteiger partial charge in [-0.05, 0) is 47.4 Å². The Labute approximate surface area is 269 Å². The third-order valence-electron chi connectivity index (χ3n) is 6.87. The van der Waals surface area contributed by atoms with Gasteiger partial charge in [-0.15, -0.1) is 10.2 Å². The van der Waals surface area contributed by atoms with E-state index in [1.807, 2.05) is 54.6 Å². The first-order valence-corrected chi connectivity index (χ1v) is 16.1. The van der Waals surface area contributed by atoms with Gasteiger partial charge in [0, 0.05) is 10.8 Å². The van der Waals surface area contributed by atoms with Gasteiger partial charge in [-0.1, -0.05) is 109 Å². The van der Waals surface area contributed by atoms with Crippen molar-refractivity contribution in [3.05, 3.63) is 112 Å². The first-order valence-electron chi connectivity index (χ1n) is 14.0. The fourth-order valence-electron chi connectivity index (χ4n) is 4.61. The standard InChI is InChI=1S/C33H30ClN3O5S2/c1-3-4-18-42-26-17-15-22(19-27(26)41-2)29-28(25(38)16-14-21-10-6-5-7-11-21)30(39)31(40)37(29)32-35-36-33(44-32)43-20-23-12-8-9-13-24(23)34/h5-17,19,29,39H,3-4,18,20H2,1-2H3/b16-14+. The van der Waals surface area contributed by atoms with E-state index in [4.69, 9.17) is 21.1 Å². The summed E-state index contributed by atoms with van der Waals surface area (Å²) in [6, 6.07) is 21.1. The molecule has 11 heteroatoms. The zero-order valence-corrected chi connectivity index (χ0v) is 26.5. The maximum atomic E-state index is 13.6. The van der Waals surface area contributed by atoms with Gasteiger partial charge in [0.1, 0.15) is 0 Å². The Bertz CT molecular complexity index is 1710. The molecule has 1 aliphatic rings. The summed E-state index contributed by atoms with van der Waals surface area (Å²) in [6.45, 7) is 2.60. The number of aromatic nitrogens is 2. The lowest BCUT2D eigenvalue weighted by Gasteiger charge is -2.24. The lowest BCUT2D eigenvalue weighted by molar-refractivity contribution is -0.117. The first kappa shape index (κ1) is 31.3. The van der Waals surface area contributed by atoms with Crippen molar-refractivity contribution in [1.29, 1.82) is 0 Å². The molecular weight excluding hydrogens is 618 g/mol. The van der Waals surface area contributed by atoms with Crippen LogP contribution in [0.3, 0.4) is 0 Å². The highest BCUT2D eigenvalue weighted by Crippen LogP contribution is 2.45. The number of benzene rings is 3. The minimum absolute atomic E-state index is 0.0654. The second-order valence-electron chi connectivity index (χ2n) is 9.79. The van der Waals surface area contributed by atoms with Crippen LogP contribution in [-0.2, 0) is 15.3 Å². The smallest absolute Gasteiger partial charge is 0.296 e. The Morgan fingerprint density at radius 3 is 2.61 bits per heavy atom. The Kier molecular flexibility index (Phi) is 10.4. The number of thioether (sulfide) groups is 1. The Balaban J connectivity index is 1.50. The second kappa shape index (κ2) is 14.6. The number of allylic oxidation sites excluding steroid dienone is 1. The number of amides is 1. The molecule has 2 heterocycles. The van der Waals surface area contributed by atoms with Crippen LogP contribution in [0.2, 0.25) is 5.02 Å². The van der Waals surface area contributed by atoms with Crippen molar-refractivity contribution < 1.29 is 24.2 Å². The highest BCUT2D eigenvalue weighted by Gasteiger charge is 2.45. The molecule has 1 unspecified atom stereocenters. The van der Waals surface area contributed by atoms with Gasteiger partial charge in [-0.2, -0.15) is 0 Å². The lowest BCUT2D eigenvalue weighted by Crippen LogP contribution is -2.30. The quantitative estimate of drug-likeness (QED) is 0.0677.